The number of allylic oxidation sites excluding steroid dienone is 5. The number of para-hydroxylation sites is 2. The van der Waals surface area contributed by atoms with Gasteiger partial charge in [0.2, 0.25) is 0 Å². The van der Waals surface area contributed by atoms with Crippen LogP contribution in [0.5, 0.6) is 0 Å². The molecule has 61 heavy (non-hydrogen) atoms. The molecule has 0 atom stereocenters. The summed E-state index contributed by atoms with van der Waals surface area (Å²) in [5.74, 6) is 0. The molecule has 3 aromatic heterocycles. The highest BCUT2D eigenvalue weighted by Gasteiger charge is 2.37. The SMILES string of the molecule is C=C/C=C\C(=C/C)n1c2ccc(-c3ccc4c(c3)C(C)(C)c3ccc5c(sc6ccccc65)c3-4)cc2c2cc(-c3ccc4c(c3)c3ccccc3n4-c3ccccc3)ccc21. The normalized spacial score (nSPS) is 13.7. The fourth-order valence-electron chi connectivity index (χ4n) is 10.3. The van der Waals surface area contributed by atoms with Crippen molar-refractivity contribution >= 4 is 80.8 Å². The number of fused-ring (bicyclic) bond motifs is 13. The van der Waals surface area contributed by atoms with Crippen molar-refractivity contribution in [2.24, 2.45) is 0 Å². The monoisotopic (exact) mass is 798 g/mol. The van der Waals surface area contributed by atoms with E-state index in [1.54, 1.807) is 0 Å². The van der Waals surface area contributed by atoms with Crippen LogP contribution in [0.4, 0.5) is 0 Å². The fourth-order valence-corrected chi connectivity index (χ4v) is 11.6. The van der Waals surface area contributed by atoms with Crippen LogP contribution >= 0.6 is 11.3 Å². The predicted molar refractivity (Wildman–Crippen MR) is 264 cm³/mol. The zero-order valence-corrected chi connectivity index (χ0v) is 35.2. The highest BCUT2D eigenvalue weighted by atomic mass is 32.1. The third-order valence-electron chi connectivity index (χ3n) is 13.3. The van der Waals surface area contributed by atoms with E-state index in [4.69, 9.17) is 0 Å². The van der Waals surface area contributed by atoms with Crippen molar-refractivity contribution in [3.8, 4) is 39.1 Å². The van der Waals surface area contributed by atoms with E-state index in [0.717, 1.165) is 5.70 Å². The average molecular weight is 799 g/mol. The maximum atomic E-state index is 3.97. The molecule has 0 saturated heterocycles. The van der Waals surface area contributed by atoms with Gasteiger partial charge in [0.05, 0.1) is 22.1 Å². The maximum Gasteiger partial charge on any atom is 0.0541 e. The van der Waals surface area contributed by atoms with Crippen LogP contribution in [0, 0.1) is 0 Å². The number of benzene rings is 8. The van der Waals surface area contributed by atoms with Gasteiger partial charge in [0.1, 0.15) is 0 Å². The topological polar surface area (TPSA) is 9.86 Å². The van der Waals surface area contributed by atoms with Crippen molar-refractivity contribution in [1.29, 1.82) is 0 Å². The first-order chi connectivity index (χ1) is 29.9. The van der Waals surface area contributed by atoms with Crippen molar-refractivity contribution < 1.29 is 0 Å². The van der Waals surface area contributed by atoms with E-state index in [2.05, 4.69) is 212 Å². The Bertz CT molecular complexity index is 3690. The molecule has 290 valence electrons. The Morgan fingerprint density at radius 2 is 1.13 bits per heavy atom. The molecule has 0 amide bonds. The van der Waals surface area contributed by atoms with Crippen LogP contribution in [0.15, 0.2) is 195 Å². The standard InChI is InChI=1S/C58H42N2S/c1-5-7-15-40(6-2)59-53-30-24-37(36-23-29-52-46(32-36)42-18-11-13-20-51(42)60(52)41-16-9-8-10-17-41)33-47(53)48-34-38(25-31-54(48)59)39-22-26-45-50(35-39)58(3,4)49-28-27-44-43-19-12-14-21-55(43)61-57(44)56(45)49/h5-35H,1H2,2-4H3/b15-7-,40-6+. The molecule has 3 heterocycles. The van der Waals surface area contributed by atoms with Gasteiger partial charge in [-0.05, 0) is 119 Å². The molecular weight excluding hydrogens is 757 g/mol. The molecule has 12 rings (SSSR count). The summed E-state index contributed by atoms with van der Waals surface area (Å²) in [7, 11) is 0. The largest absolute Gasteiger partial charge is 0.310 e. The van der Waals surface area contributed by atoms with Crippen molar-refractivity contribution in [1.82, 2.24) is 9.13 Å². The smallest absolute Gasteiger partial charge is 0.0541 e. The number of hydrogen-bond donors (Lipinski definition) is 0. The van der Waals surface area contributed by atoms with Gasteiger partial charge in [-0.1, -0.05) is 136 Å². The zero-order chi connectivity index (χ0) is 41.0. The van der Waals surface area contributed by atoms with Crippen LogP contribution < -0.4 is 0 Å². The Morgan fingerprint density at radius 1 is 0.541 bits per heavy atom. The van der Waals surface area contributed by atoms with Crippen molar-refractivity contribution in [2.45, 2.75) is 26.2 Å². The van der Waals surface area contributed by atoms with Crippen molar-refractivity contribution in [2.75, 3.05) is 0 Å². The van der Waals surface area contributed by atoms with Gasteiger partial charge in [0.15, 0.2) is 0 Å². The van der Waals surface area contributed by atoms with E-state index in [0.29, 0.717) is 0 Å². The van der Waals surface area contributed by atoms with E-state index in [1.807, 2.05) is 23.5 Å². The summed E-state index contributed by atoms with van der Waals surface area (Å²) in [6, 6.07) is 61.2. The lowest BCUT2D eigenvalue weighted by Gasteiger charge is -2.22. The lowest BCUT2D eigenvalue weighted by atomic mass is 9.81. The Kier molecular flexibility index (Phi) is 7.85. The molecule has 0 saturated carbocycles. The number of aromatic nitrogens is 2. The summed E-state index contributed by atoms with van der Waals surface area (Å²) in [6.07, 6.45) is 8.20. The minimum atomic E-state index is -0.118. The van der Waals surface area contributed by atoms with Crippen LogP contribution in [0.1, 0.15) is 31.9 Å². The summed E-state index contributed by atoms with van der Waals surface area (Å²) in [4.78, 5) is 0. The van der Waals surface area contributed by atoms with E-state index >= 15 is 0 Å². The third-order valence-corrected chi connectivity index (χ3v) is 14.5. The number of nitrogens with zero attached hydrogens (tertiary/aromatic N) is 2. The van der Waals surface area contributed by atoms with Gasteiger partial charge in [-0.3, -0.25) is 0 Å². The van der Waals surface area contributed by atoms with Crippen LogP contribution in [-0.4, -0.2) is 9.13 Å². The molecule has 0 aliphatic heterocycles. The van der Waals surface area contributed by atoms with Crippen molar-refractivity contribution in [3.63, 3.8) is 0 Å². The van der Waals surface area contributed by atoms with Gasteiger partial charge in [-0.2, -0.15) is 0 Å². The summed E-state index contributed by atoms with van der Waals surface area (Å²) in [6.45, 7) is 10.9. The average Bonchev–Trinajstić information content (AvgIpc) is 4.01. The number of hydrogen-bond acceptors (Lipinski definition) is 1. The fraction of sp³-hybridized carbons (Fsp3) is 0.0690. The molecule has 0 spiro atoms. The third kappa shape index (κ3) is 5.20. The zero-order valence-electron chi connectivity index (χ0n) is 34.4. The summed E-state index contributed by atoms with van der Waals surface area (Å²) >= 11 is 1.93. The molecule has 3 heteroatoms. The molecule has 0 bridgehead atoms. The van der Waals surface area contributed by atoms with Gasteiger partial charge in [-0.15, -0.1) is 11.3 Å². The maximum absolute atomic E-state index is 3.97. The van der Waals surface area contributed by atoms with Crippen LogP contribution in [-0.2, 0) is 5.41 Å². The Morgan fingerprint density at radius 3 is 1.84 bits per heavy atom. The molecule has 8 aromatic carbocycles. The minimum Gasteiger partial charge on any atom is -0.310 e. The summed E-state index contributed by atoms with van der Waals surface area (Å²) in [5, 5.41) is 7.68. The van der Waals surface area contributed by atoms with Gasteiger partial charge < -0.3 is 9.13 Å². The lowest BCUT2D eigenvalue weighted by molar-refractivity contribution is 0.661. The van der Waals surface area contributed by atoms with Gasteiger partial charge in [0.25, 0.3) is 0 Å². The first-order valence-corrected chi connectivity index (χ1v) is 22.0. The predicted octanol–water partition coefficient (Wildman–Crippen LogP) is 16.5. The Labute approximate surface area is 359 Å². The van der Waals surface area contributed by atoms with E-state index in [1.165, 1.54) is 114 Å². The van der Waals surface area contributed by atoms with E-state index < -0.39 is 0 Å². The van der Waals surface area contributed by atoms with Crippen LogP contribution in [0.2, 0.25) is 0 Å². The Balaban J connectivity index is 1.03. The highest BCUT2D eigenvalue weighted by Crippen LogP contribution is 2.54. The molecule has 1 aliphatic rings. The second-order valence-electron chi connectivity index (χ2n) is 16.9. The first kappa shape index (κ1) is 35.7. The minimum absolute atomic E-state index is 0.118. The number of thiophene rings is 1. The number of rotatable bonds is 6. The molecule has 0 fully saturated rings. The highest BCUT2D eigenvalue weighted by molar-refractivity contribution is 7.26. The van der Waals surface area contributed by atoms with Gasteiger partial charge >= 0.3 is 0 Å². The van der Waals surface area contributed by atoms with E-state index in [9.17, 15) is 0 Å². The molecule has 11 aromatic rings. The van der Waals surface area contributed by atoms with E-state index in [-0.39, 0.29) is 5.41 Å². The summed E-state index contributed by atoms with van der Waals surface area (Å²) in [5.41, 5.74) is 17.4. The van der Waals surface area contributed by atoms with Crippen LogP contribution in [0.3, 0.4) is 0 Å². The first-order valence-electron chi connectivity index (χ1n) is 21.2. The quantitative estimate of drug-likeness (QED) is 0.148. The lowest BCUT2D eigenvalue weighted by Crippen LogP contribution is -2.14. The molecule has 0 unspecified atom stereocenters. The van der Waals surface area contributed by atoms with Crippen molar-refractivity contribution in [3.05, 3.63) is 206 Å². The molecule has 0 radical (unpaired) electrons. The van der Waals surface area contributed by atoms with Crippen LogP contribution in [0.25, 0.3) is 109 Å². The van der Waals surface area contributed by atoms with Gasteiger partial charge in [0, 0.05) is 64.1 Å². The second kappa shape index (κ2) is 13.4. The molecule has 1 aliphatic carbocycles. The summed E-state index contributed by atoms with van der Waals surface area (Å²) < 4.78 is 7.52. The molecular formula is C58H42N2S. The Hall–Kier alpha value is -7.20. The molecule has 0 N–H and O–H groups in total. The van der Waals surface area contributed by atoms with Gasteiger partial charge in [-0.25, -0.2) is 0 Å². The molecule has 2 nitrogen and oxygen atoms in total. The second-order valence-corrected chi connectivity index (χ2v) is 17.9.